The van der Waals surface area contributed by atoms with Gasteiger partial charge >= 0.3 is 0 Å². The van der Waals surface area contributed by atoms with E-state index in [0.29, 0.717) is 10.6 Å². The van der Waals surface area contributed by atoms with Gasteiger partial charge in [-0.1, -0.05) is 29.8 Å². The third-order valence-corrected chi connectivity index (χ3v) is 4.80. The summed E-state index contributed by atoms with van der Waals surface area (Å²) in [4.78, 5) is 13.5. The van der Waals surface area contributed by atoms with Crippen molar-refractivity contribution in [3.63, 3.8) is 0 Å². The second kappa shape index (κ2) is 7.67. The minimum absolute atomic E-state index is 0.100. The predicted octanol–water partition coefficient (Wildman–Crippen LogP) is 4.28. The monoisotopic (exact) mass is 370 g/mol. The van der Waals surface area contributed by atoms with Crippen LogP contribution in [0.2, 0.25) is 0 Å². The van der Waals surface area contributed by atoms with Gasteiger partial charge < -0.3 is 5.32 Å². The Morgan fingerprint density at radius 1 is 1.20 bits per heavy atom. The molecule has 0 fully saturated rings. The smallest absolute Gasteiger partial charge is 0.244 e. The van der Waals surface area contributed by atoms with Gasteiger partial charge in [-0.25, -0.2) is 0 Å². The number of benzene rings is 2. The lowest BCUT2D eigenvalue weighted by Crippen LogP contribution is -2.19. The number of carbonyl (C=O) groups excluding carboxylic acids is 1. The fourth-order valence-electron chi connectivity index (χ4n) is 2.41. The van der Waals surface area contributed by atoms with E-state index in [9.17, 15) is 4.79 Å². The number of nitrogens with one attached hydrogen (secondary N) is 2. The Hall–Kier alpha value is -2.38. The summed E-state index contributed by atoms with van der Waals surface area (Å²) in [6.07, 6.45) is 2.01. The largest absolute Gasteiger partial charge is 0.325 e. The molecule has 0 aliphatic heterocycles. The van der Waals surface area contributed by atoms with Crippen molar-refractivity contribution in [2.24, 2.45) is 0 Å². The van der Waals surface area contributed by atoms with Crippen LogP contribution >= 0.6 is 24.0 Å². The van der Waals surface area contributed by atoms with Gasteiger partial charge in [0.25, 0.3) is 0 Å². The highest BCUT2D eigenvalue weighted by molar-refractivity contribution is 7.98. The van der Waals surface area contributed by atoms with E-state index < -0.39 is 0 Å². The van der Waals surface area contributed by atoms with Crippen LogP contribution in [0.3, 0.4) is 0 Å². The number of anilines is 1. The molecule has 0 bridgehead atoms. The van der Waals surface area contributed by atoms with E-state index in [2.05, 4.69) is 15.5 Å². The molecule has 5 nitrogen and oxygen atoms in total. The molecular formula is C18H18N4OS2. The van der Waals surface area contributed by atoms with Crippen molar-refractivity contribution in [1.29, 1.82) is 0 Å². The van der Waals surface area contributed by atoms with Crippen molar-refractivity contribution in [2.45, 2.75) is 18.4 Å². The van der Waals surface area contributed by atoms with Crippen molar-refractivity contribution >= 4 is 35.6 Å². The quantitative estimate of drug-likeness (QED) is 0.520. The molecule has 1 aromatic heterocycles. The zero-order chi connectivity index (χ0) is 17.8. The zero-order valence-electron chi connectivity index (χ0n) is 13.9. The average molecular weight is 371 g/mol. The molecule has 0 spiro atoms. The molecule has 0 aliphatic carbocycles. The molecule has 3 aromatic rings. The van der Waals surface area contributed by atoms with Crippen LogP contribution in [0, 0.1) is 11.7 Å². The van der Waals surface area contributed by atoms with Crippen LogP contribution < -0.4 is 5.32 Å². The third kappa shape index (κ3) is 4.18. The van der Waals surface area contributed by atoms with E-state index in [0.717, 1.165) is 21.7 Å². The van der Waals surface area contributed by atoms with Gasteiger partial charge in [-0.15, -0.1) is 11.8 Å². The van der Waals surface area contributed by atoms with Crippen LogP contribution in [0.4, 0.5) is 5.69 Å². The number of aromatic amines is 1. The number of aryl methyl sites for hydroxylation is 1. The lowest BCUT2D eigenvalue weighted by molar-refractivity contribution is -0.116. The normalized spacial score (nSPS) is 10.6. The molecule has 128 valence electrons. The molecule has 0 radical (unpaired) electrons. The van der Waals surface area contributed by atoms with Crippen molar-refractivity contribution in [3.05, 3.63) is 58.9 Å². The highest BCUT2D eigenvalue weighted by atomic mass is 32.2. The Morgan fingerprint density at radius 3 is 2.52 bits per heavy atom. The molecule has 0 saturated heterocycles. The average Bonchev–Trinajstić information content (AvgIpc) is 2.97. The van der Waals surface area contributed by atoms with E-state index >= 15 is 0 Å². The maximum absolute atomic E-state index is 12.4. The Balaban J connectivity index is 1.78. The lowest BCUT2D eigenvalue weighted by atomic mass is 10.1. The van der Waals surface area contributed by atoms with Gasteiger partial charge in [-0.05, 0) is 49.7 Å². The summed E-state index contributed by atoms with van der Waals surface area (Å²) in [6, 6.07) is 15.7. The van der Waals surface area contributed by atoms with Gasteiger partial charge in [0.1, 0.15) is 6.54 Å². The van der Waals surface area contributed by atoms with Crippen LogP contribution in [-0.4, -0.2) is 26.9 Å². The Morgan fingerprint density at radius 2 is 1.88 bits per heavy atom. The van der Waals surface area contributed by atoms with E-state index in [1.54, 1.807) is 16.3 Å². The molecule has 0 saturated carbocycles. The van der Waals surface area contributed by atoms with Crippen LogP contribution in [0.1, 0.15) is 5.56 Å². The molecular weight excluding hydrogens is 352 g/mol. The van der Waals surface area contributed by atoms with Crippen LogP contribution in [0.15, 0.2) is 53.4 Å². The van der Waals surface area contributed by atoms with E-state index in [-0.39, 0.29) is 12.5 Å². The van der Waals surface area contributed by atoms with Crippen molar-refractivity contribution < 1.29 is 4.79 Å². The zero-order valence-corrected chi connectivity index (χ0v) is 15.6. The summed E-state index contributed by atoms with van der Waals surface area (Å²) >= 11 is 6.94. The molecule has 7 heteroatoms. The Kier molecular flexibility index (Phi) is 5.35. The first-order valence-corrected chi connectivity index (χ1v) is 9.36. The molecule has 2 N–H and O–H groups in total. The van der Waals surface area contributed by atoms with Crippen molar-refractivity contribution in [2.75, 3.05) is 11.6 Å². The first kappa shape index (κ1) is 17.4. The molecule has 0 unspecified atom stereocenters. The molecule has 0 aliphatic rings. The first-order chi connectivity index (χ1) is 12.1. The molecule has 1 amide bonds. The van der Waals surface area contributed by atoms with Crippen molar-refractivity contribution in [1.82, 2.24) is 14.8 Å². The fraction of sp³-hybridized carbons (Fsp3) is 0.167. The summed E-state index contributed by atoms with van der Waals surface area (Å²) in [6.45, 7) is 2.12. The minimum Gasteiger partial charge on any atom is -0.325 e. The topological polar surface area (TPSA) is 62.7 Å². The highest BCUT2D eigenvalue weighted by Gasteiger charge is 2.12. The standard InChI is InChI=1S/C18H18N4OS2/c1-12-3-5-13(6-4-12)17-20-21-18(24)22(17)11-16(23)19-14-7-9-15(25-2)10-8-14/h3-10H,11H2,1-2H3,(H,19,23)(H,21,24). The summed E-state index contributed by atoms with van der Waals surface area (Å²) in [5, 5.41) is 9.92. The minimum atomic E-state index is -0.150. The van der Waals surface area contributed by atoms with Gasteiger partial charge in [-0.2, -0.15) is 5.10 Å². The third-order valence-electron chi connectivity index (χ3n) is 3.74. The van der Waals surface area contributed by atoms with Crippen LogP contribution in [0.5, 0.6) is 0 Å². The molecule has 25 heavy (non-hydrogen) atoms. The van der Waals surface area contributed by atoms with Gasteiger partial charge in [-0.3, -0.25) is 14.5 Å². The number of carbonyl (C=O) groups is 1. The maximum Gasteiger partial charge on any atom is 0.244 e. The van der Waals surface area contributed by atoms with Gasteiger partial charge in [0, 0.05) is 16.1 Å². The summed E-state index contributed by atoms with van der Waals surface area (Å²) in [5.41, 5.74) is 2.83. The number of H-pyrrole nitrogens is 1. The highest BCUT2D eigenvalue weighted by Crippen LogP contribution is 2.19. The summed E-state index contributed by atoms with van der Waals surface area (Å²) in [5.74, 6) is 0.501. The lowest BCUT2D eigenvalue weighted by Gasteiger charge is -2.09. The van der Waals surface area contributed by atoms with Crippen LogP contribution in [0.25, 0.3) is 11.4 Å². The second-order valence-corrected chi connectivity index (χ2v) is 6.85. The first-order valence-electron chi connectivity index (χ1n) is 7.73. The number of amides is 1. The number of hydrogen-bond donors (Lipinski definition) is 2. The number of rotatable bonds is 5. The predicted molar refractivity (Wildman–Crippen MR) is 104 cm³/mol. The summed E-state index contributed by atoms with van der Waals surface area (Å²) < 4.78 is 2.12. The molecule has 3 rings (SSSR count). The number of hydrogen-bond acceptors (Lipinski definition) is 4. The Labute approximate surface area is 155 Å². The second-order valence-electron chi connectivity index (χ2n) is 5.58. The molecule has 1 heterocycles. The number of thioether (sulfide) groups is 1. The molecule has 2 aromatic carbocycles. The van der Waals surface area contributed by atoms with Crippen LogP contribution in [-0.2, 0) is 11.3 Å². The number of nitrogens with zero attached hydrogens (tertiary/aromatic N) is 2. The summed E-state index contributed by atoms with van der Waals surface area (Å²) in [7, 11) is 0. The Bertz CT molecular complexity index is 927. The fourth-order valence-corrected chi connectivity index (χ4v) is 3.01. The van der Waals surface area contributed by atoms with E-state index in [4.69, 9.17) is 12.2 Å². The van der Waals surface area contributed by atoms with Gasteiger partial charge in [0.05, 0.1) is 0 Å². The van der Waals surface area contributed by atoms with Gasteiger partial charge in [0.15, 0.2) is 10.6 Å². The van der Waals surface area contributed by atoms with E-state index in [1.807, 2.05) is 61.7 Å². The maximum atomic E-state index is 12.4. The van der Waals surface area contributed by atoms with Crippen molar-refractivity contribution in [3.8, 4) is 11.4 Å². The van der Waals surface area contributed by atoms with Gasteiger partial charge in [0.2, 0.25) is 5.91 Å². The molecule has 0 atom stereocenters. The van der Waals surface area contributed by atoms with E-state index in [1.165, 1.54) is 0 Å². The number of aromatic nitrogens is 3. The SMILES string of the molecule is CSc1ccc(NC(=O)Cn2c(-c3ccc(C)cc3)n[nH]c2=S)cc1.